The number of aromatic nitrogens is 2. The van der Waals surface area contributed by atoms with Gasteiger partial charge in [0.1, 0.15) is 5.02 Å². The van der Waals surface area contributed by atoms with Gasteiger partial charge in [-0.05, 0) is 43.4 Å². The van der Waals surface area contributed by atoms with E-state index in [9.17, 15) is 0 Å². The zero-order valence-corrected chi connectivity index (χ0v) is 17.9. The summed E-state index contributed by atoms with van der Waals surface area (Å²) >= 11 is 6.30. The normalized spacial score (nSPS) is 15.7. The van der Waals surface area contributed by atoms with Gasteiger partial charge < -0.3 is 29.9 Å². The molecule has 2 aliphatic rings. The molecule has 8 nitrogen and oxygen atoms in total. The zero-order chi connectivity index (χ0) is 21.2. The predicted molar refractivity (Wildman–Crippen MR) is 122 cm³/mol. The summed E-state index contributed by atoms with van der Waals surface area (Å²) in [4.78, 5) is 13.6. The molecule has 3 heterocycles. The van der Waals surface area contributed by atoms with Gasteiger partial charge in [-0.3, -0.25) is 0 Å². The van der Waals surface area contributed by atoms with E-state index in [1.807, 2.05) is 30.3 Å². The molecule has 0 saturated carbocycles. The van der Waals surface area contributed by atoms with Crippen LogP contribution in [0.5, 0.6) is 11.5 Å². The molecule has 1 saturated heterocycles. The Bertz CT molecular complexity index is 1070. The SMILES string of the molecule is CN1CCN(c2ccc(Nc3ncc(Cl)c(Nc4ccc5c(c4)OCO5)n3)cc2)CC1. The average molecular weight is 439 g/mol. The molecule has 0 amide bonds. The molecule has 0 bridgehead atoms. The minimum atomic E-state index is 0.231. The number of nitrogens with zero attached hydrogens (tertiary/aromatic N) is 4. The first-order chi connectivity index (χ1) is 15.1. The minimum absolute atomic E-state index is 0.231. The quantitative estimate of drug-likeness (QED) is 0.616. The van der Waals surface area contributed by atoms with Crippen molar-refractivity contribution in [2.24, 2.45) is 0 Å². The van der Waals surface area contributed by atoms with Crippen LogP contribution in [0.4, 0.5) is 28.8 Å². The largest absolute Gasteiger partial charge is 0.454 e. The van der Waals surface area contributed by atoms with Gasteiger partial charge in [0.2, 0.25) is 12.7 Å². The molecule has 0 unspecified atom stereocenters. The maximum atomic E-state index is 6.30. The first-order valence-electron chi connectivity index (χ1n) is 10.1. The molecule has 0 spiro atoms. The van der Waals surface area contributed by atoms with Crippen molar-refractivity contribution in [3.63, 3.8) is 0 Å². The highest BCUT2D eigenvalue weighted by molar-refractivity contribution is 6.32. The molecule has 0 atom stereocenters. The van der Waals surface area contributed by atoms with Crippen LogP contribution < -0.4 is 25.0 Å². The molecule has 9 heteroatoms. The number of hydrogen-bond acceptors (Lipinski definition) is 8. The molecule has 160 valence electrons. The first kappa shape index (κ1) is 19.7. The van der Waals surface area contributed by atoms with E-state index < -0.39 is 0 Å². The van der Waals surface area contributed by atoms with Crippen molar-refractivity contribution >= 4 is 40.4 Å². The Morgan fingerprint density at radius 3 is 2.45 bits per heavy atom. The van der Waals surface area contributed by atoms with Crippen molar-refractivity contribution in [1.82, 2.24) is 14.9 Å². The van der Waals surface area contributed by atoms with Crippen LogP contribution in [0.1, 0.15) is 0 Å². The summed E-state index contributed by atoms with van der Waals surface area (Å²) in [5.41, 5.74) is 2.93. The number of benzene rings is 2. The lowest BCUT2D eigenvalue weighted by Crippen LogP contribution is -2.44. The standard InChI is InChI=1S/C22H23ClN6O2/c1-28-8-10-29(11-9-28)17-5-2-15(3-6-17)26-22-24-13-18(23)21(27-22)25-16-4-7-19-20(12-16)31-14-30-19/h2-7,12-13H,8-11,14H2,1H3,(H2,24,25,26,27). The summed E-state index contributed by atoms with van der Waals surface area (Å²) in [6, 6.07) is 13.9. The van der Waals surface area contributed by atoms with E-state index in [1.165, 1.54) is 5.69 Å². The summed E-state index contributed by atoms with van der Waals surface area (Å²) in [5.74, 6) is 2.38. The lowest BCUT2D eigenvalue weighted by Gasteiger charge is -2.34. The first-order valence-corrected chi connectivity index (χ1v) is 10.5. The lowest BCUT2D eigenvalue weighted by molar-refractivity contribution is 0.174. The van der Waals surface area contributed by atoms with Crippen LogP contribution in [-0.2, 0) is 0 Å². The number of likely N-dealkylation sites (N-methyl/N-ethyl adjacent to an activating group) is 1. The van der Waals surface area contributed by atoms with E-state index in [-0.39, 0.29) is 6.79 Å². The van der Waals surface area contributed by atoms with Crippen LogP contribution >= 0.6 is 11.6 Å². The molecule has 3 aromatic rings. The van der Waals surface area contributed by atoms with Crippen molar-refractivity contribution in [2.75, 3.05) is 55.6 Å². The molecule has 5 rings (SSSR count). The summed E-state index contributed by atoms with van der Waals surface area (Å²) in [6.45, 7) is 4.47. The molecule has 0 aliphatic carbocycles. The minimum Gasteiger partial charge on any atom is -0.454 e. The van der Waals surface area contributed by atoms with Gasteiger partial charge in [0, 0.05) is 49.3 Å². The third-order valence-electron chi connectivity index (χ3n) is 5.37. The second-order valence-electron chi connectivity index (χ2n) is 7.55. The lowest BCUT2D eigenvalue weighted by atomic mass is 10.2. The highest BCUT2D eigenvalue weighted by atomic mass is 35.5. The van der Waals surface area contributed by atoms with Crippen LogP contribution in [0, 0.1) is 0 Å². The van der Waals surface area contributed by atoms with E-state index in [1.54, 1.807) is 6.20 Å². The Morgan fingerprint density at radius 1 is 0.903 bits per heavy atom. The van der Waals surface area contributed by atoms with Crippen molar-refractivity contribution in [3.05, 3.63) is 53.7 Å². The van der Waals surface area contributed by atoms with Crippen molar-refractivity contribution < 1.29 is 9.47 Å². The molecule has 31 heavy (non-hydrogen) atoms. The predicted octanol–water partition coefficient (Wildman–Crippen LogP) is 4.10. The van der Waals surface area contributed by atoms with E-state index in [4.69, 9.17) is 21.1 Å². The van der Waals surface area contributed by atoms with Crippen LogP contribution in [0.15, 0.2) is 48.7 Å². The molecular weight excluding hydrogens is 416 g/mol. The number of ether oxygens (including phenoxy) is 2. The van der Waals surface area contributed by atoms with Crippen LogP contribution in [0.3, 0.4) is 0 Å². The number of hydrogen-bond donors (Lipinski definition) is 2. The Balaban J connectivity index is 1.28. The van der Waals surface area contributed by atoms with Crippen LogP contribution in [0.25, 0.3) is 0 Å². The number of anilines is 5. The van der Waals surface area contributed by atoms with E-state index in [0.29, 0.717) is 22.5 Å². The monoisotopic (exact) mass is 438 g/mol. The Kier molecular flexibility index (Phi) is 5.40. The average Bonchev–Trinajstić information content (AvgIpc) is 3.25. The molecule has 2 N–H and O–H groups in total. The van der Waals surface area contributed by atoms with Gasteiger partial charge in [-0.15, -0.1) is 0 Å². The summed E-state index contributed by atoms with van der Waals surface area (Å²) in [6.07, 6.45) is 1.57. The third-order valence-corrected chi connectivity index (χ3v) is 5.65. The summed E-state index contributed by atoms with van der Waals surface area (Å²) in [7, 11) is 2.16. The number of halogens is 1. The van der Waals surface area contributed by atoms with E-state index >= 15 is 0 Å². The molecular formula is C22H23ClN6O2. The van der Waals surface area contributed by atoms with Crippen molar-refractivity contribution in [1.29, 1.82) is 0 Å². The van der Waals surface area contributed by atoms with Crippen molar-refractivity contribution in [3.8, 4) is 11.5 Å². The maximum Gasteiger partial charge on any atom is 0.231 e. The zero-order valence-electron chi connectivity index (χ0n) is 17.1. The third kappa shape index (κ3) is 4.45. The number of piperazine rings is 1. The molecule has 2 aromatic carbocycles. The van der Waals surface area contributed by atoms with Gasteiger partial charge >= 0.3 is 0 Å². The van der Waals surface area contributed by atoms with Crippen LogP contribution in [-0.4, -0.2) is 54.9 Å². The van der Waals surface area contributed by atoms with Gasteiger partial charge in [-0.25, -0.2) is 4.98 Å². The summed E-state index contributed by atoms with van der Waals surface area (Å²) in [5, 5.41) is 6.88. The molecule has 2 aliphatic heterocycles. The van der Waals surface area contributed by atoms with Gasteiger partial charge in [-0.1, -0.05) is 11.6 Å². The van der Waals surface area contributed by atoms with Gasteiger partial charge in [-0.2, -0.15) is 4.98 Å². The second-order valence-corrected chi connectivity index (χ2v) is 7.95. The maximum absolute atomic E-state index is 6.30. The fourth-order valence-electron chi connectivity index (χ4n) is 3.58. The van der Waals surface area contributed by atoms with E-state index in [0.717, 1.165) is 43.3 Å². The number of fused-ring (bicyclic) bond motifs is 1. The Hall–Kier alpha value is -3.23. The Labute approximate surface area is 185 Å². The number of rotatable bonds is 5. The van der Waals surface area contributed by atoms with E-state index in [2.05, 4.69) is 49.6 Å². The fraction of sp³-hybridized carbons (Fsp3) is 0.273. The van der Waals surface area contributed by atoms with Crippen molar-refractivity contribution in [2.45, 2.75) is 0 Å². The van der Waals surface area contributed by atoms with Gasteiger partial charge in [0.15, 0.2) is 17.3 Å². The summed E-state index contributed by atoms with van der Waals surface area (Å²) < 4.78 is 10.8. The molecule has 1 aromatic heterocycles. The molecule has 0 radical (unpaired) electrons. The topological polar surface area (TPSA) is 74.8 Å². The number of nitrogens with one attached hydrogen (secondary N) is 2. The van der Waals surface area contributed by atoms with Gasteiger partial charge in [0.05, 0.1) is 6.20 Å². The molecule has 1 fully saturated rings. The second kappa shape index (κ2) is 8.49. The van der Waals surface area contributed by atoms with Gasteiger partial charge in [0.25, 0.3) is 0 Å². The highest BCUT2D eigenvalue weighted by Crippen LogP contribution is 2.35. The Morgan fingerprint density at radius 2 is 1.65 bits per heavy atom. The fourth-order valence-corrected chi connectivity index (χ4v) is 3.71. The smallest absolute Gasteiger partial charge is 0.231 e. The highest BCUT2D eigenvalue weighted by Gasteiger charge is 2.15. The van der Waals surface area contributed by atoms with Crippen LogP contribution in [0.2, 0.25) is 5.02 Å².